The summed E-state index contributed by atoms with van der Waals surface area (Å²) in [6.45, 7) is 3.46. The molecule has 18 heavy (non-hydrogen) atoms. The Kier molecular flexibility index (Phi) is 4.48. The smallest absolute Gasteiger partial charge is 0.119 e. The average Bonchev–Trinajstić information content (AvgIpc) is 2.40. The highest BCUT2D eigenvalue weighted by atomic mass is 35.5. The highest BCUT2D eigenvalue weighted by Crippen LogP contribution is 2.16. The van der Waals surface area contributed by atoms with Crippen molar-refractivity contribution in [3.05, 3.63) is 59.1 Å². The van der Waals surface area contributed by atoms with Gasteiger partial charge in [-0.05, 0) is 48.9 Å². The quantitative estimate of drug-likeness (QED) is 0.864. The van der Waals surface area contributed by atoms with Crippen molar-refractivity contribution in [2.45, 2.75) is 13.5 Å². The van der Waals surface area contributed by atoms with Crippen molar-refractivity contribution < 1.29 is 4.74 Å². The number of halogens is 1. The number of anilines is 1. The first-order chi connectivity index (χ1) is 8.78. The average molecular weight is 262 g/mol. The van der Waals surface area contributed by atoms with E-state index in [0.717, 1.165) is 23.0 Å². The molecule has 0 bridgehead atoms. The predicted molar refractivity (Wildman–Crippen MR) is 76.4 cm³/mol. The molecule has 0 atom stereocenters. The summed E-state index contributed by atoms with van der Waals surface area (Å²) in [5.41, 5.74) is 2.28. The van der Waals surface area contributed by atoms with Gasteiger partial charge < -0.3 is 10.1 Å². The van der Waals surface area contributed by atoms with E-state index in [-0.39, 0.29) is 0 Å². The third-order valence-electron chi connectivity index (χ3n) is 2.58. The molecular weight excluding hydrogens is 246 g/mol. The lowest BCUT2D eigenvalue weighted by Gasteiger charge is -2.08. The molecule has 0 unspecified atom stereocenters. The number of rotatable bonds is 5. The molecule has 3 heteroatoms. The van der Waals surface area contributed by atoms with Gasteiger partial charge in [-0.2, -0.15) is 0 Å². The number of nitrogens with one attached hydrogen (secondary N) is 1. The zero-order chi connectivity index (χ0) is 12.8. The van der Waals surface area contributed by atoms with Gasteiger partial charge in [0.1, 0.15) is 5.75 Å². The largest absolute Gasteiger partial charge is 0.494 e. The molecule has 0 fully saturated rings. The first kappa shape index (κ1) is 12.8. The molecular formula is C15H16ClNO. The van der Waals surface area contributed by atoms with E-state index in [1.807, 2.05) is 43.3 Å². The summed E-state index contributed by atoms with van der Waals surface area (Å²) in [5, 5.41) is 4.09. The van der Waals surface area contributed by atoms with E-state index in [1.165, 1.54) is 5.56 Å². The van der Waals surface area contributed by atoms with Gasteiger partial charge >= 0.3 is 0 Å². The summed E-state index contributed by atoms with van der Waals surface area (Å²) in [6, 6.07) is 15.8. The maximum Gasteiger partial charge on any atom is 0.119 e. The number of benzene rings is 2. The third kappa shape index (κ3) is 3.67. The van der Waals surface area contributed by atoms with Crippen LogP contribution in [0.4, 0.5) is 5.69 Å². The van der Waals surface area contributed by atoms with Gasteiger partial charge in [-0.1, -0.05) is 23.7 Å². The Bertz CT molecular complexity index is 479. The minimum absolute atomic E-state index is 0.697. The Hall–Kier alpha value is -1.67. The van der Waals surface area contributed by atoms with Gasteiger partial charge in [0.05, 0.1) is 6.61 Å². The molecule has 2 aromatic rings. The van der Waals surface area contributed by atoms with Gasteiger partial charge in [-0.25, -0.2) is 0 Å². The summed E-state index contributed by atoms with van der Waals surface area (Å²) in [6.07, 6.45) is 0. The Morgan fingerprint density at radius 2 is 1.67 bits per heavy atom. The van der Waals surface area contributed by atoms with E-state index in [2.05, 4.69) is 17.4 Å². The predicted octanol–water partition coefficient (Wildman–Crippen LogP) is 4.35. The Morgan fingerprint density at radius 1 is 1.00 bits per heavy atom. The molecule has 1 N–H and O–H groups in total. The van der Waals surface area contributed by atoms with Crippen LogP contribution >= 0.6 is 11.6 Å². The normalized spacial score (nSPS) is 10.1. The molecule has 0 spiro atoms. The topological polar surface area (TPSA) is 21.3 Å². The molecule has 0 heterocycles. The lowest BCUT2D eigenvalue weighted by Crippen LogP contribution is -1.99. The number of ether oxygens (including phenoxy) is 1. The van der Waals surface area contributed by atoms with E-state index < -0.39 is 0 Å². The van der Waals surface area contributed by atoms with Crippen LogP contribution in [0.5, 0.6) is 5.75 Å². The standard InChI is InChI=1S/C15H16ClNO/c1-2-18-15-9-3-12(4-10-15)11-17-14-7-5-13(16)6-8-14/h3-10,17H,2,11H2,1H3. The van der Waals surface area contributed by atoms with Crippen LogP contribution in [0.25, 0.3) is 0 Å². The van der Waals surface area contributed by atoms with Crippen LogP contribution < -0.4 is 10.1 Å². The van der Waals surface area contributed by atoms with Crippen LogP contribution in [-0.2, 0) is 6.54 Å². The number of hydrogen-bond acceptors (Lipinski definition) is 2. The maximum atomic E-state index is 5.83. The fraction of sp³-hybridized carbons (Fsp3) is 0.200. The first-order valence-electron chi connectivity index (χ1n) is 5.99. The van der Waals surface area contributed by atoms with Crippen molar-refractivity contribution in [1.29, 1.82) is 0 Å². The molecule has 0 aromatic heterocycles. The highest BCUT2D eigenvalue weighted by Gasteiger charge is 1.96. The second kappa shape index (κ2) is 6.31. The Morgan fingerprint density at radius 3 is 2.28 bits per heavy atom. The fourth-order valence-electron chi connectivity index (χ4n) is 1.64. The molecule has 2 nitrogen and oxygen atoms in total. The van der Waals surface area contributed by atoms with Crippen LogP contribution in [0, 0.1) is 0 Å². The van der Waals surface area contributed by atoms with Crippen molar-refractivity contribution in [2.24, 2.45) is 0 Å². The highest BCUT2D eigenvalue weighted by molar-refractivity contribution is 6.30. The van der Waals surface area contributed by atoms with Gasteiger partial charge in [0.2, 0.25) is 0 Å². The molecule has 0 saturated heterocycles. The minimum atomic E-state index is 0.697. The summed E-state index contributed by atoms with van der Waals surface area (Å²) in [7, 11) is 0. The van der Waals surface area contributed by atoms with Crippen LogP contribution in [-0.4, -0.2) is 6.61 Å². The fourth-order valence-corrected chi connectivity index (χ4v) is 1.77. The van der Waals surface area contributed by atoms with E-state index in [9.17, 15) is 0 Å². The van der Waals surface area contributed by atoms with E-state index >= 15 is 0 Å². The molecule has 0 amide bonds. The maximum absolute atomic E-state index is 5.83. The molecule has 0 aliphatic rings. The molecule has 0 aliphatic carbocycles. The van der Waals surface area contributed by atoms with Crippen molar-refractivity contribution in [3.8, 4) is 5.75 Å². The molecule has 2 aromatic carbocycles. The van der Waals surface area contributed by atoms with Crippen molar-refractivity contribution in [1.82, 2.24) is 0 Å². The van der Waals surface area contributed by atoms with E-state index in [4.69, 9.17) is 16.3 Å². The number of hydrogen-bond donors (Lipinski definition) is 1. The zero-order valence-corrected chi connectivity index (χ0v) is 11.1. The van der Waals surface area contributed by atoms with Crippen molar-refractivity contribution >= 4 is 17.3 Å². The zero-order valence-electron chi connectivity index (χ0n) is 10.3. The van der Waals surface area contributed by atoms with Crippen molar-refractivity contribution in [2.75, 3.05) is 11.9 Å². The molecule has 0 saturated carbocycles. The second-order valence-corrected chi connectivity index (χ2v) is 4.37. The van der Waals surface area contributed by atoms with Crippen molar-refractivity contribution in [3.63, 3.8) is 0 Å². The van der Waals surface area contributed by atoms with Gasteiger partial charge in [0.15, 0.2) is 0 Å². The van der Waals surface area contributed by atoms with Crippen LogP contribution in [0.3, 0.4) is 0 Å². The lowest BCUT2D eigenvalue weighted by atomic mass is 10.2. The van der Waals surface area contributed by atoms with E-state index in [1.54, 1.807) is 0 Å². The lowest BCUT2D eigenvalue weighted by molar-refractivity contribution is 0.340. The summed E-state index contributed by atoms with van der Waals surface area (Å²) in [4.78, 5) is 0. The molecule has 0 radical (unpaired) electrons. The summed E-state index contributed by atoms with van der Waals surface area (Å²) >= 11 is 5.83. The van der Waals surface area contributed by atoms with Gasteiger partial charge in [0.25, 0.3) is 0 Å². The first-order valence-corrected chi connectivity index (χ1v) is 6.37. The van der Waals surface area contributed by atoms with Crippen LogP contribution in [0.15, 0.2) is 48.5 Å². The van der Waals surface area contributed by atoms with Crippen LogP contribution in [0.2, 0.25) is 5.02 Å². The minimum Gasteiger partial charge on any atom is -0.494 e. The summed E-state index contributed by atoms with van der Waals surface area (Å²) in [5.74, 6) is 0.910. The summed E-state index contributed by atoms with van der Waals surface area (Å²) < 4.78 is 5.40. The van der Waals surface area contributed by atoms with E-state index in [0.29, 0.717) is 6.61 Å². The SMILES string of the molecule is CCOc1ccc(CNc2ccc(Cl)cc2)cc1. The van der Waals surface area contributed by atoms with Gasteiger partial charge in [-0.3, -0.25) is 0 Å². The van der Waals surface area contributed by atoms with Gasteiger partial charge in [-0.15, -0.1) is 0 Å². The molecule has 2 rings (SSSR count). The van der Waals surface area contributed by atoms with Gasteiger partial charge in [0, 0.05) is 17.3 Å². The van der Waals surface area contributed by atoms with Crippen LogP contribution in [0.1, 0.15) is 12.5 Å². The molecule has 94 valence electrons. The monoisotopic (exact) mass is 261 g/mol. The third-order valence-corrected chi connectivity index (χ3v) is 2.83. The second-order valence-electron chi connectivity index (χ2n) is 3.94. The Labute approximate surface area is 113 Å². The molecule has 0 aliphatic heterocycles. The Balaban J connectivity index is 1.91.